The molecule has 9 heteroatoms. The maximum absolute atomic E-state index is 14.1. The second kappa shape index (κ2) is 14.5. The minimum atomic E-state index is -4.15. The summed E-state index contributed by atoms with van der Waals surface area (Å²) >= 11 is 6.40. The minimum Gasteiger partial charge on any atom is -0.352 e. The summed E-state index contributed by atoms with van der Waals surface area (Å²) in [7, 11) is -4.15. The molecule has 1 N–H and O–H groups in total. The van der Waals surface area contributed by atoms with Gasteiger partial charge >= 0.3 is 0 Å². The zero-order valence-corrected chi connectivity index (χ0v) is 26.0. The molecule has 0 saturated heterocycles. The number of sulfonamides is 1. The third-order valence-electron chi connectivity index (χ3n) is 7.20. The van der Waals surface area contributed by atoms with Gasteiger partial charge in [-0.1, -0.05) is 79.5 Å². The standard InChI is InChI=1S/C32H40ClN3O4S/c1-6-25(5)34-32(38)30(7-2)35(20-19-26-11-9-8-10-12-26)31(37)22-36(27-16-15-24(4)29(33)21-27)41(39,40)28-17-13-23(3)14-18-28/h8-18,21,25,30H,6-7,19-20,22H2,1-5H3,(H,34,38)/t25-,30+/m0/s1. The van der Waals surface area contributed by atoms with E-state index in [4.69, 9.17) is 11.6 Å². The fraction of sp³-hybridized carbons (Fsp3) is 0.375. The van der Waals surface area contributed by atoms with Crippen LogP contribution < -0.4 is 9.62 Å². The Balaban J connectivity index is 2.03. The van der Waals surface area contributed by atoms with E-state index in [-0.39, 0.29) is 29.1 Å². The van der Waals surface area contributed by atoms with Crippen molar-refractivity contribution in [1.82, 2.24) is 10.2 Å². The smallest absolute Gasteiger partial charge is 0.264 e. The quantitative estimate of drug-likeness (QED) is 0.265. The molecule has 7 nitrogen and oxygen atoms in total. The highest BCUT2D eigenvalue weighted by atomic mass is 35.5. The van der Waals surface area contributed by atoms with Crippen molar-refractivity contribution < 1.29 is 18.0 Å². The number of halogens is 1. The molecule has 220 valence electrons. The molecule has 2 atom stereocenters. The molecule has 41 heavy (non-hydrogen) atoms. The van der Waals surface area contributed by atoms with Crippen LogP contribution in [0.1, 0.15) is 50.3 Å². The SMILES string of the molecule is CC[C@H](C(=O)N[C@@H](C)CC)N(CCc1ccccc1)C(=O)CN(c1ccc(C)c(Cl)c1)S(=O)(=O)c1ccc(C)cc1. The van der Waals surface area contributed by atoms with Gasteiger partial charge in [-0.05, 0) is 75.4 Å². The number of rotatable bonds is 13. The highest BCUT2D eigenvalue weighted by molar-refractivity contribution is 7.92. The first-order valence-corrected chi connectivity index (χ1v) is 15.8. The van der Waals surface area contributed by atoms with E-state index in [1.54, 1.807) is 30.3 Å². The van der Waals surface area contributed by atoms with Gasteiger partial charge in [0.05, 0.1) is 10.6 Å². The fourth-order valence-electron chi connectivity index (χ4n) is 4.44. The van der Waals surface area contributed by atoms with Crippen LogP contribution in [0.5, 0.6) is 0 Å². The van der Waals surface area contributed by atoms with E-state index in [1.165, 1.54) is 17.0 Å². The Morgan fingerprint density at radius 1 is 0.927 bits per heavy atom. The number of amides is 2. The molecule has 0 radical (unpaired) electrons. The lowest BCUT2D eigenvalue weighted by Crippen LogP contribution is -2.54. The maximum atomic E-state index is 14.1. The van der Waals surface area contributed by atoms with Crippen molar-refractivity contribution in [2.24, 2.45) is 0 Å². The van der Waals surface area contributed by atoms with E-state index >= 15 is 0 Å². The van der Waals surface area contributed by atoms with Crippen molar-refractivity contribution in [1.29, 1.82) is 0 Å². The van der Waals surface area contributed by atoms with Crippen LogP contribution in [-0.4, -0.2) is 50.3 Å². The molecular weight excluding hydrogens is 558 g/mol. The highest BCUT2D eigenvalue weighted by Gasteiger charge is 2.33. The van der Waals surface area contributed by atoms with Gasteiger partial charge in [0.2, 0.25) is 11.8 Å². The Kier molecular flexibility index (Phi) is 11.4. The summed E-state index contributed by atoms with van der Waals surface area (Å²) in [4.78, 5) is 29.0. The number of benzene rings is 3. The van der Waals surface area contributed by atoms with Crippen LogP contribution in [0.15, 0.2) is 77.7 Å². The van der Waals surface area contributed by atoms with Gasteiger partial charge in [0, 0.05) is 17.6 Å². The topological polar surface area (TPSA) is 86.8 Å². The van der Waals surface area contributed by atoms with E-state index in [9.17, 15) is 18.0 Å². The van der Waals surface area contributed by atoms with Crippen LogP contribution in [0.2, 0.25) is 5.02 Å². The Hall–Kier alpha value is -3.36. The number of nitrogens with zero attached hydrogens (tertiary/aromatic N) is 2. The van der Waals surface area contributed by atoms with Gasteiger partial charge in [-0.3, -0.25) is 13.9 Å². The van der Waals surface area contributed by atoms with Crippen LogP contribution >= 0.6 is 11.6 Å². The highest BCUT2D eigenvalue weighted by Crippen LogP contribution is 2.28. The first-order chi connectivity index (χ1) is 19.5. The van der Waals surface area contributed by atoms with Gasteiger partial charge < -0.3 is 10.2 Å². The summed E-state index contributed by atoms with van der Waals surface area (Å²) < 4.78 is 29.0. The van der Waals surface area contributed by atoms with Gasteiger partial charge in [0.25, 0.3) is 10.0 Å². The molecule has 0 aliphatic rings. The second-order valence-corrected chi connectivity index (χ2v) is 12.6. The van der Waals surface area contributed by atoms with Crippen molar-refractivity contribution in [3.05, 3.63) is 94.5 Å². The number of hydrogen-bond acceptors (Lipinski definition) is 4. The molecule has 3 aromatic carbocycles. The van der Waals surface area contributed by atoms with E-state index < -0.39 is 28.5 Å². The molecule has 2 amide bonds. The van der Waals surface area contributed by atoms with Crippen LogP contribution in [0.4, 0.5) is 5.69 Å². The molecule has 3 rings (SSSR count). The minimum absolute atomic E-state index is 0.0595. The average molecular weight is 598 g/mol. The summed E-state index contributed by atoms with van der Waals surface area (Å²) in [5.74, 6) is -0.728. The zero-order chi connectivity index (χ0) is 30.2. The lowest BCUT2D eigenvalue weighted by molar-refractivity contribution is -0.139. The lowest BCUT2D eigenvalue weighted by atomic mass is 10.1. The normalized spacial score (nSPS) is 12.8. The van der Waals surface area contributed by atoms with Crippen LogP contribution in [0.25, 0.3) is 0 Å². The van der Waals surface area contributed by atoms with Crippen molar-refractivity contribution in [3.8, 4) is 0 Å². The number of aryl methyl sites for hydroxylation is 2. The Morgan fingerprint density at radius 3 is 2.17 bits per heavy atom. The number of carbonyl (C=O) groups is 2. The maximum Gasteiger partial charge on any atom is 0.264 e. The summed E-state index contributed by atoms with van der Waals surface area (Å²) in [5.41, 5.74) is 2.98. The third kappa shape index (κ3) is 8.33. The van der Waals surface area contributed by atoms with E-state index in [0.717, 1.165) is 27.4 Å². The first kappa shape index (κ1) is 32.2. The molecule has 3 aromatic rings. The summed E-state index contributed by atoms with van der Waals surface area (Å²) in [6.07, 6.45) is 1.64. The molecule has 0 spiro atoms. The van der Waals surface area contributed by atoms with E-state index in [0.29, 0.717) is 17.9 Å². The molecule has 0 saturated carbocycles. The van der Waals surface area contributed by atoms with Crippen LogP contribution in [0.3, 0.4) is 0 Å². The van der Waals surface area contributed by atoms with Crippen LogP contribution in [-0.2, 0) is 26.0 Å². The molecule has 0 bridgehead atoms. The Labute approximate surface area is 249 Å². The number of anilines is 1. The largest absolute Gasteiger partial charge is 0.352 e. The lowest BCUT2D eigenvalue weighted by Gasteiger charge is -2.33. The fourth-order valence-corrected chi connectivity index (χ4v) is 6.02. The summed E-state index contributed by atoms with van der Waals surface area (Å²) in [6.45, 7) is 9.20. The monoisotopic (exact) mass is 597 g/mol. The molecule has 0 unspecified atom stereocenters. The summed E-state index contributed by atoms with van der Waals surface area (Å²) in [6, 6.07) is 20.3. The second-order valence-electron chi connectivity index (χ2n) is 10.3. The molecule has 0 fully saturated rings. The molecular formula is C32H40ClN3O4S. The number of carbonyl (C=O) groups excluding carboxylic acids is 2. The van der Waals surface area contributed by atoms with Crippen molar-refractivity contribution in [2.75, 3.05) is 17.4 Å². The number of nitrogens with one attached hydrogen (secondary N) is 1. The van der Waals surface area contributed by atoms with Gasteiger partial charge in [0.15, 0.2) is 0 Å². The van der Waals surface area contributed by atoms with Gasteiger partial charge in [-0.2, -0.15) is 0 Å². The van der Waals surface area contributed by atoms with Crippen LogP contribution in [0, 0.1) is 13.8 Å². The summed E-state index contributed by atoms with van der Waals surface area (Å²) in [5, 5.41) is 3.38. The predicted molar refractivity (Wildman–Crippen MR) is 166 cm³/mol. The van der Waals surface area contributed by atoms with Crippen molar-refractivity contribution in [3.63, 3.8) is 0 Å². The zero-order valence-electron chi connectivity index (χ0n) is 24.4. The predicted octanol–water partition coefficient (Wildman–Crippen LogP) is 5.92. The van der Waals surface area contributed by atoms with Gasteiger partial charge in [0.1, 0.15) is 12.6 Å². The molecule has 0 heterocycles. The molecule has 0 aliphatic heterocycles. The average Bonchev–Trinajstić information content (AvgIpc) is 2.95. The first-order valence-electron chi connectivity index (χ1n) is 14.0. The van der Waals surface area contributed by atoms with Gasteiger partial charge in [-0.15, -0.1) is 0 Å². The van der Waals surface area contributed by atoms with E-state index in [1.807, 2.05) is 65.0 Å². The van der Waals surface area contributed by atoms with Gasteiger partial charge in [-0.25, -0.2) is 8.42 Å². The molecule has 0 aromatic heterocycles. The number of hydrogen-bond donors (Lipinski definition) is 1. The van der Waals surface area contributed by atoms with Crippen molar-refractivity contribution in [2.45, 2.75) is 70.9 Å². The Bertz CT molecular complexity index is 1430. The molecule has 0 aliphatic carbocycles. The van der Waals surface area contributed by atoms with Crippen molar-refractivity contribution >= 4 is 39.1 Å². The Morgan fingerprint density at radius 2 is 1.59 bits per heavy atom. The third-order valence-corrected chi connectivity index (χ3v) is 9.40. The van der Waals surface area contributed by atoms with E-state index in [2.05, 4.69) is 5.32 Å².